The molecule has 0 bridgehead atoms. The molecule has 0 aliphatic carbocycles. The topological polar surface area (TPSA) is 46.3 Å². The molecule has 90 valence electrons. The van der Waals surface area contributed by atoms with Gasteiger partial charge < -0.3 is 10.6 Å². The lowest BCUT2D eigenvalue weighted by atomic mass is 10.1. The molecule has 3 nitrogen and oxygen atoms in total. The number of hydrogen-bond donors (Lipinski definition) is 1. The van der Waals surface area contributed by atoms with Crippen molar-refractivity contribution in [1.29, 1.82) is 0 Å². The molecule has 0 aliphatic rings. The number of thiophene rings is 1. The van der Waals surface area contributed by atoms with Crippen molar-refractivity contribution >= 4 is 17.2 Å². The largest absolute Gasteiger partial charge is 0.340 e. The highest BCUT2D eigenvalue weighted by Gasteiger charge is 2.17. The first-order valence-electron chi connectivity index (χ1n) is 5.66. The molecular weight excluding hydrogens is 220 g/mol. The van der Waals surface area contributed by atoms with E-state index in [1.807, 2.05) is 18.5 Å². The SMILES string of the molecule is CCCCC(N)C(=O)N(C)Cc1ccsc1. The molecule has 0 fully saturated rings. The third-order valence-electron chi connectivity index (χ3n) is 2.56. The van der Waals surface area contributed by atoms with Gasteiger partial charge in [0.1, 0.15) is 0 Å². The Morgan fingerprint density at radius 2 is 2.38 bits per heavy atom. The van der Waals surface area contributed by atoms with E-state index in [0.29, 0.717) is 6.54 Å². The van der Waals surface area contributed by atoms with E-state index in [-0.39, 0.29) is 11.9 Å². The summed E-state index contributed by atoms with van der Waals surface area (Å²) in [4.78, 5) is 13.6. The van der Waals surface area contributed by atoms with Gasteiger partial charge in [-0.1, -0.05) is 19.8 Å². The maximum absolute atomic E-state index is 11.9. The third-order valence-corrected chi connectivity index (χ3v) is 3.29. The van der Waals surface area contributed by atoms with Crippen LogP contribution in [0.5, 0.6) is 0 Å². The summed E-state index contributed by atoms with van der Waals surface area (Å²) in [6, 6.07) is 1.69. The number of nitrogens with two attached hydrogens (primary N) is 1. The molecule has 2 N–H and O–H groups in total. The van der Waals surface area contributed by atoms with Gasteiger partial charge in [-0.05, 0) is 28.8 Å². The van der Waals surface area contributed by atoms with Gasteiger partial charge in [0.25, 0.3) is 0 Å². The highest BCUT2D eigenvalue weighted by Crippen LogP contribution is 2.10. The minimum absolute atomic E-state index is 0.0413. The Morgan fingerprint density at radius 1 is 1.62 bits per heavy atom. The van der Waals surface area contributed by atoms with Crippen LogP contribution in [0.2, 0.25) is 0 Å². The Morgan fingerprint density at radius 3 is 2.94 bits per heavy atom. The first-order chi connectivity index (χ1) is 7.65. The highest BCUT2D eigenvalue weighted by molar-refractivity contribution is 7.07. The average Bonchev–Trinajstić information content (AvgIpc) is 2.77. The van der Waals surface area contributed by atoms with Gasteiger partial charge in [0.05, 0.1) is 6.04 Å². The summed E-state index contributed by atoms with van der Waals surface area (Å²) in [7, 11) is 1.81. The molecule has 1 rings (SSSR count). The molecule has 0 aromatic carbocycles. The molecule has 0 radical (unpaired) electrons. The summed E-state index contributed by atoms with van der Waals surface area (Å²) in [5, 5.41) is 4.08. The van der Waals surface area contributed by atoms with Gasteiger partial charge in [-0.25, -0.2) is 0 Å². The molecule has 0 spiro atoms. The van der Waals surface area contributed by atoms with Crippen molar-refractivity contribution in [2.45, 2.75) is 38.8 Å². The zero-order chi connectivity index (χ0) is 12.0. The van der Waals surface area contributed by atoms with Crippen LogP contribution in [0.15, 0.2) is 16.8 Å². The van der Waals surface area contributed by atoms with Crippen LogP contribution in [0.25, 0.3) is 0 Å². The second kappa shape index (κ2) is 6.66. The van der Waals surface area contributed by atoms with Crippen LogP contribution in [0.1, 0.15) is 31.7 Å². The van der Waals surface area contributed by atoms with Gasteiger partial charge in [0, 0.05) is 13.6 Å². The van der Waals surface area contributed by atoms with Crippen LogP contribution in [-0.2, 0) is 11.3 Å². The Labute approximate surface area is 101 Å². The number of carbonyl (C=O) groups excluding carboxylic acids is 1. The van der Waals surface area contributed by atoms with Gasteiger partial charge in [0.2, 0.25) is 5.91 Å². The Kier molecular flexibility index (Phi) is 5.49. The van der Waals surface area contributed by atoms with E-state index in [0.717, 1.165) is 19.3 Å². The van der Waals surface area contributed by atoms with Crippen LogP contribution in [0, 0.1) is 0 Å². The van der Waals surface area contributed by atoms with E-state index in [1.165, 1.54) is 5.56 Å². The average molecular weight is 240 g/mol. The highest BCUT2D eigenvalue weighted by atomic mass is 32.1. The molecule has 1 unspecified atom stereocenters. The van der Waals surface area contributed by atoms with Crippen molar-refractivity contribution in [2.75, 3.05) is 7.05 Å². The summed E-state index contributed by atoms with van der Waals surface area (Å²) >= 11 is 1.65. The monoisotopic (exact) mass is 240 g/mol. The van der Waals surface area contributed by atoms with E-state index in [2.05, 4.69) is 12.3 Å². The quantitative estimate of drug-likeness (QED) is 0.828. The summed E-state index contributed by atoms with van der Waals surface area (Å²) in [6.45, 7) is 2.76. The number of amides is 1. The molecule has 0 saturated heterocycles. The van der Waals surface area contributed by atoms with Crippen molar-refractivity contribution in [3.05, 3.63) is 22.4 Å². The fourth-order valence-electron chi connectivity index (χ4n) is 1.56. The molecule has 0 aliphatic heterocycles. The number of hydrogen-bond acceptors (Lipinski definition) is 3. The zero-order valence-corrected chi connectivity index (χ0v) is 10.8. The molecule has 1 heterocycles. The first-order valence-corrected chi connectivity index (χ1v) is 6.61. The molecule has 1 amide bonds. The van der Waals surface area contributed by atoms with Gasteiger partial charge in [-0.15, -0.1) is 0 Å². The normalized spacial score (nSPS) is 12.4. The molecule has 1 atom stereocenters. The zero-order valence-electron chi connectivity index (χ0n) is 9.98. The fourth-order valence-corrected chi connectivity index (χ4v) is 2.22. The number of rotatable bonds is 6. The molecule has 1 aromatic rings. The van der Waals surface area contributed by atoms with E-state index in [1.54, 1.807) is 16.2 Å². The lowest BCUT2D eigenvalue weighted by Gasteiger charge is -2.20. The summed E-state index contributed by atoms with van der Waals surface area (Å²) in [5.41, 5.74) is 7.01. The van der Waals surface area contributed by atoms with Crippen LogP contribution in [0.4, 0.5) is 0 Å². The number of unbranched alkanes of at least 4 members (excludes halogenated alkanes) is 1. The van der Waals surface area contributed by atoms with Crippen LogP contribution < -0.4 is 5.73 Å². The van der Waals surface area contributed by atoms with Gasteiger partial charge in [0.15, 0.2) is 0 Å². The van der Waals surface area contributed by atoms with E-state index >= 15 is 0 Å². The van der Waals surface area contributed by atoms with Crippen LogP contribution in [-0.4, -0.2) is 23.9 Å². The first kappa shape index (κ1) is 13.2. The number of carbonyl (C=O) groups is 1. The van der Waals surface area contributed by atoms with Crippen molar-refractivity contribution in [1.82, 2.24) is 4.90 Å². The van der Waals surface area contributed by atoms with Crippen molar-refractivity contribution in [3.8, 4) is 0 Å². The van der Waals surface area contributed by atoms with E-state index in [9.17, 15) is 4.79 Å². The summed E-state index contributed by atoms with van der Waals surface area (Å²) in [6.07, 6.45) is 2.87. The summed E-state index contributed by atoms with van der Waals surface area (Å²) < 4.78 is 0. The molecule has 1 aromatic heterocycles. The number of likely N-dealkylation sites (N-methyl/N-ethyl adjacent to an activating group) is 1. The Hall–Kier alpha value is -0.870. The van der Waals surface area contributed by atoms with Crippen molar-refractivity contribution < 1.29 is 4.79 Å². The smallest absolute Gasteiger partial charge is 0.239 e. The molecular formula is C12H20N2OS. The molecule has 0 saturated carbocycles. The minimum Gasteiger partial charge on any atom is -0.340 e. The second-order valence-corrected chi connectivity index (χ2v) is 4.85. The standard InChI is InChI=1S/C12H20N2OS/c1-3-4-5-11(13)12(15)14(2)8-10-6-7-16-9-10/h6-7,9,11H,3-5,8,13H2,1-2H3. The summed E-state index contributed by atoms with van der Waals surface area (Å²) in [5.74, 6) is 0.0413. The Bertz CT molecular complexity index is 311. The lowest BCUT2D eigenvalue weighted by Crippen LogP contribution is -2.41. The number of nitrogens with zero attached hydrogens (tertiary/aromatic N) is 1. The van der Waals surface area contributed by atoms with Gasteiger partial charge >= 0.3 is 0 Å². The lowest BCUT2D eigenvalue weighted by molar-refractivity contribution is -0.132. The van der Waals surface area contributed by atoms with Crippen LogP contribution >= 0.6 is 11.3 Å². The minimum atomic E-state index is -0.344. The van der Waals surface area contributed by atoms with Gasteiger partial charge in [-0.3, -0.25) is 4.79 Å². The van der Waals surface area contributed by atoms with E-state index < -0.39 is 0 Å². The molecule has 16 heavy (non-hydrogen) atoms. The fraction of sp³-hybridized carbons (Fsp3) is 0.583. The van der Waals surface area contributed by atoms with Crippen LogP contribution in [0.3, 0.4) is 0 Å². The van der Waals surface area contributed by atoms with Crippen molar-refractivity contribution in [2.24, 2.45) is 5.73 Å². The maximum atomic E-state index is 11.9. The predicted molar refractivity (Wildman–Crippen MR) is 68.3 cm³/mol. The predicted octanol–water partition coefficient (Wildman–Crippen LogP) is 2.22. The van der Waals surface area contributed by atoms with Gasteiger partial charge in [-0.2, -0.15) is 11.3 Å². The van der Waals surface area contributed by atoms with Crippen molar-refractivity contribution in [3.63, 3.8) is 0 Å². The Balaban J connectivity index is 2.41. The second-order valence-electron chi connectivity index (χ2n) is 4.07. The van der Waals surface area contributed by atoms with E-state index in [4.69, 9.17) is 5.73 Å². The maximum Gasteiger partial charge on any atom is 0.239 e. The third kappa shape index (κ3) is 3.94. The molecule has 4 heteroatoms.